The van der Waals surface area contributed by atoms with Crippen molar-refractivity contribution in [3.8, 4) is 0 Å². The van der Waals surface area contributed by atoms with Gasteiger partial charge in [0.2, 0.25) is 0 Å². The minimum absolute atomic E-state index is 0. The van der Waals surface area contributed by atoms with Crippen molar-refractivity contribution in [3.63, 3.8) is 0 Å². The standard InChI is InChI=1S/C9H20N4S2.BrH/c1-11(2)6-7-13(5)9-10-8(12(3)4)14-15-9;/h9H,6-7H2,1-5H3;1H. The van der Waals surface area contributed by atoms with Crippen molar-refractivity contribution < 1.29 is 0 Å². The first-order valence-corrected chi connectivity index (χ1v) is 7.15. The number of rotatable bonds is 4. The van der Waals surface area contributed by atoms with Crippen molar-refractivity contribution in [1.82, 2.24) is 14.7 Å². The van der Waals surface area contributed by atoms with Crippen LogP contribution in [0, 0.1) is 0 Å². The van der Waals surface area contributed by atoms with Gasteiger partial charge in [-0.25, -0.2) is 4.99 Å². The lowest BCUT2D eigenvalue weighted by Gasteiger charge is -2.22. The minimum atomic E-state index is 0. The summed E-state index contributed by atoms with van der Waals surface area (Å²) >= 11 is 0. The summed E-state index contributed by atoms with van der Waals surface area (Å²) in [7, 11) is 14.0. The molecule has 0 N–H and O–H groups in total. The summed E-state index contributed by atoms with van der Waals surface area (Å²) < 4.78 is 0. The molecule has 0 amide bonds. The first-order chi connectivity index (χ1) is 7.00. The summed E-state index contributed by atoms with van der Waals surface area (Å²) in [6.45, 7) is 2.13. The molecule has 0 aromatic heterocycles. The first kappa shape index (κ1) is 16.6. The smallest absolute Gasteiger partial charge is 0.172 e. The molecule has 1 heterocycles. The fraction of sp³-hybridized carbons (Fsp3) is 0.889. The van der Waals surface area contributed by atoms with E-state index in [-0.39, 0.29) is 22.5 Å². The highest BCUT2D eigenvalue weighted by Crippen LogP contribution is 2.37. The number of hydrogen-bond acceptors (Lipinski definition) is 6. The zero-order valence-electron chi connectivity index (χ0n) is 10.5. The van der Waals surface area contributed by atoms with Gasteiger partial charge in [-0.3, -0.25) is 4.90 Å². The second kappa shape index (κ2) is 7.81. The van der Waals surface area contributed by atoms with Crippen molar-refractivity contribution in [2.24, 2.45) is 4.99 Å². The molecule has 0 saturated carbocycles. The van der Waals surface area contributed by atoms with Crippen molar-refractivity contribution in [2.45, 2.75) is 5.50 Å². The molecule has 0 aromatic rings. The van der Waals surface area contributed by atoms with Crippen LogP contribution in [0.5, 0.6) is 0 Å². The lowest BCUT2D eigenvalue weighted by atomic mass is 10.5. The molecule has 0 bridgehead atoms. The Morgan fingerprint density at radius 3 is 2.19 bits per heavy atom. The summed E-state index contributed by atoms with van der Waals surface area (Å²) in [5.74, 6) is 0. The molecular formula is C9H21BrN4S2. The molecule has 1 rings (SSSR count). The fourth-order valence-corrected chi connectivity index (χ4v) is 3.64. The molecule has 4 nitrogen and oxygen atoms in total. The van der Waals surface area contributed by atoms with E-state index in [0.717, 1.165) is 18.3 Å². The number of halogens is 1. The van der Waals surface area contributed by atoms with Gasteiger partial charge in [-0.15, -0.1) is 17.0 Å². The van der Waals surface area contributed by atoms with Crippen LogP contribution < -0.4 is 0 Å². The maximum absolute atomic E-state index is 4.64. The average molecular weight is 329 g/mol. The summed E-state index contributed by atoms with van der Waals surface area (Å²) in [4.78, 5) is 11.2. The minimum Gasteiger partial charge on any atom is -0.357 e. The van der Waals surface area contributed by atoms with Gasteiger partial charge < -0.3 is 9.80 Å². The van der Waals surface area contributed by atoms with Gasteiger partial charge in [0, 0.05) is 27.2 Å². The van der Waals surface area contributed by atoms with Crippen LogP contribution in [0.25, 0.3) is 0 Å². The third-order valence-corrected chi connectivity index (χ3v) is 4.69. The molecular weight excluding hydrogens is 308 g/mol. The maximum Gasteiger partial charge on any atom is 0.172 e. The monoisotopic (exact) mass is 328 g/mol. The van der Waals surface area contributed by atoms with Gasteiger partial charge in [0.15, 0.2) is 10.7 Å². The van der Waals surface area contributed by atoms with Gasteiger partial charge in [0.25, 0.3) is 0 Å². The highest BCUT2D eigenvalue weighted by molar-refractivity contribution is 8.93. The van der Waals surface area contributed by atoms with Crippen molar-refractivity contribution >= 4 is 43.7 Å². The zero-order valence-corrected chi connectivity index (χ0v) is 13.9. The Balaban J connectivity index is 0.00000225. The highest BCUT2D eigenvalue weighted by Gasteiger charge is 2.23. The summed E-state index contributed by atoms with van der Waals surface area (Å²) in [5, 5.41) is 1.11. The highest BCUT2D eigenvalue weighted by atomic mass is 79.9. The second-order valence-electron chi connectivity index (χ2n) is 4.10. The number of hydrogen-bond donors (Lipinski definition) is 0. The van der Waals surface area contributed by atoms with E-state index in [1.807, 2.05) is 24.9 Å². The predicted octanol–water partition coefficient (Wildman–Crippen LogP) is 1.65. The van der Waals surface area contributed by atoms with Gasteiger partial charge in [-0.1, -0.05) is 0 Å². The molecule has 0 aromatic carbocycles. The largest absolute Gasteiger partial charge is 0.357 e. The quantitative estimate of drug-likeness (QED) is 0.730. The van der Waals surface area contributed by atoms with Gasteiger partial charge in [-0.05, 0) is 42.7 Å². The van der Waals surface area contributed by atoms with E-state index in [2.05, 4.69) is 40.8 Å². The normalized spacial score (nSPS) is 19.9. The number of aliphatic imine (C=N–C) groups is 1. The number of likely N-dealkylation sites (N-methyl/N-ethyl adjacent to an activating group) is 2. The van der Waals surface area contributed by atoms with E-state index in [4.69, 9.17) is 0 Å². The van der Waals surface area contributed by atoms with Gasteiger partial charge >= 0.3 is 0 Å². The molecule has 0 spiro atoms. The summed E-state index contributed by atoms with van der Waals surface area (Å²) in [6.07, 6.45) is 0. The van der Waals surface area contributed by atoms with Crippen LogP contribution in [0.1, 0.15) is 0 Å². The predicted molar refractivity (Wildman–Crippen MR) is 81.6 cm³/mol. The van der Waals surface area contributed by atoms with Crippen LogP contribution in [0.3, 0.4) is 0 Å². The number of nitrogens with zero attached hydrogens (tertiary/aromatic N) is 4. The van der Waals surface area contributed by atoms with Gasteiger partial charge in [-0.2, -0.15) is 0 Å². The van der Waals surface area contributed by atoms with Crippen LogP contribution >= 0.6 is 38.6 Å². The first-order valence-electron chi connectivity index (χ1n) is 4.94. The molecule has 96 valence electrons. The molecule has 1 unspecified atom stereocenters. The topological polar surface area (TPSA) is 22.1 Å². The number of amidine groups is 1. The summed E-state index contributed by atoms with van der Waals surface area (Å²) in [6, 6.07) is 0. The molecule has 7 heteroatoms. The van der Waals surface area contributed by atoms with Crippen molar-refractivity contribution in [2.75, 3.05) is 48.3 Å². The maximum atomic E-state index is 4.64. The molecule has 1 aliphatic heterocycles. The van der Waals surface area contributed by atoms with Gasteiger partial charge in [0.1, 0.15) is 0 Å². The van der Waals surface area contributed by atoms with Crippen LogP contribution in [0.2, 0.25) is 0 Å². The van der Waals surface area contributed by atoms with Crippen molar-refractivity contribution in [3.05, 3.63) is 0 Å². The Hall–Kier alpha value is 0.570. The summed E-state index contributed by atoms with van der Waals surface area (Å²) in [5.41, 5.74) is 0.271. The van der Waals surface area contributed by atoms with E-state index in [1.54, 1.807) is 10.8 Å². The second-order valence-corrected chi connectivity index (χ2v) is 6.32. The van der Waals surface area contributed by atoms with E-state index >= 15 is 0 Å². The van der Waals surface area contributed by atoms with E-state index in [1.165, 1.54) is 0 Å². The molecule has 16 heavy (non-hydrogen) atoms. The third-order valence-electron chi connectivity index (χ3n) is 2.09. The van der Waals surface area contributed by atoms with Gasteiger partial charge in [0.05, 0.1) is 0 Å². The Kier molecular flexibility index (Phi) is 8.09. The van der Waals surface area contributed by atoms with E-state index < -0.39 is 0 Å². The molecule has 0 fully saturated rings. The SMILES string of the molecule is Br.CN(C)CCN(C)C1N=C(N(C)C)SS1. The Morgan fingerprint density at radius 1 is 1.12 bits per heavy atom. The van der Waals surface area contributed by atoms with Crippen LogP contribution in [-0.2, 0) is 0 Å². The lowest BCUT2D eigenvalue weighted by Crippen LogP contribution is -2.33. The average Bonchev–Trinajstić information content (AvgIpc) is 2.62. The fourth-order valence-electron chi connectivity index (χ4n) is 1.05. The Labute approximate surface area is 117 Å². The van der Waals surface area contributed by atoms with Crippen LogP contribution in [0.15, 0.2) is 4.99 Å². The zero-order chi connectivity index (χ0) is 11.4. The van der Waals surface area contributed by atoms with Crippen LogP contribution in [0.4, 0.5) is 0 Å². The third kappa shape index (κ3) is 5.27. The Morgan fingerprint density at radius 2 is 1.75 bits per heavy atom. The molecule has 1 atom stereocenters. The van der Waals surface area contributed by atoms with E-state index in [9.17, 15) is 0 Å². The Bertz CT molecular complexity index is 236. The van der Waals surface area contributed by atoms with Crippen LogP contribution in [-0.4, -0.2) is 73.7 Å². The van der Waals surface area contributed by atoms with E-state index in [0.29, 0.717) is 0 Å². The molecule has 0 saturated heterocycles. The molecule has 0 radical (unpaired) electrons. The molecule has 1 aliphatic rings. The van der Waals surface area contributed by atoms with Crippen molar-refractivity contribution in [1.29, 1.82) is 0 Å². The molecule has 0 aliphatic carbocycles. The lowest BCUT2D eigenvalue weighted by molar-refractivity contribution is 0.273.